The number of carbonyl (C=O) groups excluding carboxylic acids is 3. The summed E-state index contributed by atoms with van der Waals surface area (Å²) in [5, 5.41) is 0. The highest BCUT2D eigenvalue weighted by Crippen LogP contribution is 2.13. The average molecular weight is 978 g/mol. The smallest absolute Gasteiger partial charge is 0.306 e. The van der Waals surface area contributed by atoms with E-state index in [9.17, 15) is 14.4 Å². The van der Waals surface area contributed by atoms with Crippen molar-refractivity contribution in [3.8, 4) is 0 Å². The van der Waals surface area contributed by atoms with Crippen molar-refractivity contribution in [2.75, 3.05) is 13.2 Å². The normalized spacial score (nSPS) is 13.3. The van der Waals surface area contributed by atoms with Crippen molar-refractivity contribution in [2.24, 2.45) is 0 Å². The second-order valence-electron chi connectivity index (χ2n) is 17.9. The summed E-state index contributed by atoms with van der Waals surface area (Å²) in [5.41, 5.74) is 0. The van der Waals surface area contributed by atoms with Crippen LogP contribution in [0.3, 0.4) is 0 Å². The molecule has 0 saturated heterocycles. The monoisotopic (exact) mass is 977 g/mol. The van der Waals surface area contributed by atoms with E-state index in [1.807, 2.05) is 85.1 Å². The van der Waals surface area contributed by atoms with Crippen molar-refractivity contribution in [1.82, 2.24) is 0 Å². The van der Waals surface area contributed by atoms with Crippen LogP contribution >= 0.6 is 0 Å². The molecule has 0 aliphatic rings. The molecule has 0 aliphatic heterocycles. The van der Waals surface area contributed by atoms with Gasteiger partial charge in [-0.25, -0.2) is 0 Å². The van der Waals surface area contributed by atoms with Crippen LogP contribution in [-0.4, -0.2) is 37.2 Å². The van der Waals surface area contributed by atoms with Crippen LogP contribution in [0, 0.1) is 0 Å². The third kappa shape index (κ3) is 55.8. The van der Waals surface area contributed by atoms with Gasteiger partial charge in [-0.15, -0.1) is 0 Å². The van der Waals surface area contributed by atoms with Crippen molar-refractivity contribution < 1.29 is 28.6 Å². The average Bonchev–Trinajstić information content (AvgIpc) is 3.37. The molecule has 6 nitrogen and oxygen atoms in total. The Balaban J connectivity index is 4.63. The summed E-state index contributed by atoms with van der Waals surface area (Å²) < 4.78 is 16.7. The minimum atomic E-state index is -0.840. The predicted molar refractivity (Wildman–Crippen MR) is 306 cm³/mol. The van der Waals surface area contributed by atoms with Crippen LogP contribution in [0.1, 0.15) is 213 Å². The number of unbranched alkanes of at least 4 members (excludes halogenated alkanes) is 17. The van der Waals surface area contributed by atoms with E-state index >= 15 is 0 Å². The van der Waals surface area contributed by atoms with Crippen molar-refractivity contribution >= 4 is 17.9 Å². The molecule has 0 fully saturated rings. The number of ether oxygens (including phenoxy) is 3. The zero-order valence-corrected chi connectivity index (χ0v) is 45.2. The lowest BCUT2D eigenvalue weighted by atomic mass is 10.1. The Kier molecular flexibility index (Phi) is 53.6. The summed E-state index contributed by atoms with van der Waals surface area (Å²) in [7, 11) is 0. The number of carbonyl (C=O) groups is 3. The molecule has 0 heterocycles. The van der Waals surface area contributed by atoms with Crippen LogP contribution in [0.2, 0.25) is 0 Å². The Morgan fingerprint density at radius 2 is 0.648 bits per heavy atom. The molecule has 0 aliphatic carbocycles. The Morgan fingerprint density at radius 1 is 0.310 bits per heavy atom. The zero-order chi connectivity index (χ0) is 51.4. The second-order valence-corrected chi connectivity index (χ2v) is 17.9. The maximum absolute atomic E-state index is 12.9. The summed E-state index contributed by atoms with van der Waals surface area (Å²) in [5.74, 6) is -1.08. The van der Waals surface area contributed by atoms with Crippen LogP contribution in [0.15, 0.2) is 158 Å². The number of allylic oxidation sites excluding steroid dienone is 26. The van der Waals surface area contributed by atoms with E-state index in [1.54, 1.807) is 0 Å². The first-order valence-corrected chi connectivity index (χ1v) is 28.1. The Labute approximate surface area is 435 Å². The molecule has 0 rings (SSSR count). The highest BCUT2D eigenvalue weighted by Gasteiger charge is 2.19. The molecule has 396 valence electrons. The first-order valence-electron chi connectivity index (χ1n) is 28.1. The lowest BCUT2D eigenvalue weighted by Crippen LogP contribution is -2.30. The van der Waals surface area contributed by atoms with Crippen molar-refractivity contribution in [3.05, 3.63) is 158 Å². The van der Waals surface area contributed by atoms with Crippen molar-refractivity contribution in [1.29, 1.82) is 0 Å². The van der Waals surface area contributed by atoms with E-state index in [2.05, 4.69) is 93.7 Å². The predicted octanol–water partition coefficient (Wildman–Crippen LogP) is 19.0. The highest BCUT2D eigenvalue weighted by atomic mass is 16.6. The standard InChI is InChI=1S/C65H100O6/c1-4-7-10-13-16-19-22-25-28-31-33-35-37-40-43-46-49-52-55-58-64(67)70-61-62(60-69-63(66)57-54-51-48-45-42-39-36-30-27-24-21-18-15-12-9-6-3)71-65(68)59-56-53-50-47-44-41-38-34-32-29-26-23-20-17-14-11-8-5-2/h7,9-10,12-13,16,18-19,21-22,25,27-28,30-31,33-35,37-40,42-43,48,51,62H,4-6,8,11,14-15,17,20,23-24,26,29,32,36,41,44-47,49-50,52-61H2,1-3H3/b10-7-,12-9-,16-13-,21-18-,22-19-,28-25-,30-27-,33-31+,37-35-,38-34-,42-39-,43-40-,51-48-. The van der Waals surface area contributed by atoms with Gasteiger partial charge in [-0.1, -0.05) is 256 Å². The summed E-state index contributed by atoms with van der Waals surface area (Å²) in [4.78, 5) is 38.1. The molecule has 71 heavy (non-hydrogen) atoms. The third-order valence-electron chi connectivity index (χ3n) is 11.2. The lowest BCUT2D eigenvalue weighted by Gasteiger charge is -2.18. The number of rotatable bonds is 48. The van der Waals surface area contributed by atoms with E-state index in [4.69, 9.17) is 14.2 Å². The maximum Gasteiger partial charge on any atom is 0.306 e. The van der Waals surface area contributed by atoms with E-state index in [1.165, 1.54) is 70.6 Å². The van der Waals surface area contributed by atoms with Gasteiger partial charge in [0.05, 0.1) is 0 Å². The fourth-order valence-corrected chi connectivity index (χ4v) is 7.06. The van der Waals surface area contributed by atoms with Crippen molar-refractivity contribution in [2.45, 2.75) is 219 Å². The minimum absolute atomic E-state index is 0.135. The van der Waals surface area contributed by atoms with Gasteiger partial charge in [0.15, 0.2) is 6.10 Å². The topological polar surface area (TPSA) is 78.9 Å². The molecule has 0 amide bonds. The first-order chi connectivity index (χ1) is 35.0. The fourth-order valence-electron chi connectivity index (χ4n) is 7.06. The minimum Gasteiger partial charge on any atom is -0.462 e. The van der Waals surface area contributed by atoms with E-state index in [-0.39, 0.29) is 50.4 Å². The lowest BCUT2D eigenvalue weighted by molar-refractivity contribution is -0.166. The van der Waals surface area contributed by atoms with Crippen LogP contribution in [0.5, 0.6) is 0 Å². The fraction of sp³-hybridized carbons (Fsp3) is 0.554. The molecular formula is C65H100O6. The molecule has 0 N–H and O–H groups in total. The van der Waals surface area contributed by atoms with Crippen LogP contribution in [0.4, 0.5) is 0 Å². The quantitative estimate of drug-likeness (QED) is 0.0199. The molecule has 0 aromatic heterocycles. The van der Waals surface area contributed by atoms with Gasteiger partial charge < -0.3 is 14.2 Å². The highest BCUT2D eigenvalue weighted by molar-refractivity contribution is 5.71. The van der Waals surface area contributed by atoms with Gasteiger partial charge in [-0.2, -0.15) is 0 Å². The van der Waals surface area contributed by atoms with Gasteiger partial charge >= 0.3 is 17.9 Å². The summed E-state index contributed by atoms with van der Waals surface area (Å²) >= 11 is 0. The Bertz CT molecular complexity index is 1640. The van der Waals surface area contributed by atoms with Gasteiger partial charge in [0.2, 0.25) is 0 Å². The summed E-state index contributed by atoms with van der Waals surface area (Å²) in [6.45, 7) is 6.25. The Morgan fingerprint density at radius 3 is 1.13 bits per heavy atom. The van der Waals surface area contributed by atoms with Crippen LogP contribution < -0.4 is 0 Å². The van der Waals surface area contributed by atoms with E-state index < -0.39 is 6.10 Å². The molecule has 0 radical (unpaired) electrons. The number of hydrogen-bond donors (Lipinski definition) is 0. The van der Waals surface area contributed by atoms with E-state index in [0.29, 0.717) is 12.8 Å². The van der Waals surface area contributed by atoms with Gasteiger partial charge in [-0.05, 0) is 96.3 Å². The number of hydrogen-bond acceptors (Lipinski definition) is 6. The Hall–Kier alpha value is -4.97. The van der Waals surface area contributed by atoms with E-state index in [0.717, 1.165) is 89.9 Å². The first kappa shape index (κ1) is 66.0. The van der Waals surface area contributed by atoms with Gasteiger partial charge in [0.1, 0.15) is 13.2 Å². The summed E-state index contributed by atoms with van der Waals surface area (Å²) in [6, 6.07) is 0. The molecule has 0 bridgehead atoms. The second kappa shape index (κ2) is 57.6. The van der Waals surface area contributed by atoms with Crippen LogP contribution in [0.25, 0.3) is 0 Å². The zero-order valence-electron chi connectivity index (χ0n) is 45.2. The molecule has 0 saturated carbocycles. The molecule has 0 spiro atoms. The molecule has 6 heteroatoms. The SMILES string of the molecule is CC\C=C/C=C\C=C/C=C\C=C\C=C/C=C\CCCCCC(=O)OCC(COC(=O)CC/C=C\C/C=C\C/C=C\C/C=C\C/C=C\CC)OC(=O)CCCCCCC/C=C\CCCCCCCCCCC. The molecule has 1 atom stereocenters. The summed E-state index contributed by atoms with van der Waals surface area (Å²) in [6.07, 6.45) is 83.8. The third-order valence-corrected chi connectivity index (χ3v) is 11.2. The largest absolute Gasteiger partial charge is 0.462 e. The molecule has 0 aromatic carbocycles. The molecule has 0 aromatic rings. The van der Waals surface area contributed by atoms with Gasteiger partial charge in [-0.3, -0.25) is 14.4 Å². The van der Waals surface area contributed by atoms with Crippen molar-refractivity contribution in [3.63, 3.8) is 0 Å². The molecule has 1 unspecified atom stereocenters. The van der Waals surface area contributed by atoms with Gasteiger partial charge in [0.25, 0.3) is 0 Å². The van der Waals surface area contributed by atoms with Gasteiger partial charge in [0, 0.05) is 19.3 Å². The molecular weight excluding hydrogens is 877 g/mol. The number of esters is 3. The van der Waals surface area contributed by atoms with Crippen LogP contribution in [-0.2, 0) is 28.6 Å². The maximum atomic E-state index is 12.9.